The Morgan fingerprint density at radius 3 is 2.17 bits per heavy atom. The Labute approximate surface area is 184 Å². The van der Waals surface area contributed by atoms with Gasteiger partial charge in [-0.2, -0.15) is 4.31 Å². The average Bonchev–Trinajstić information content (AvgIpc) is 3.17. The first-order chi connectivity index (χ1) is 14.2. The van der Waals surface area contributed by atoms with Crippen LogP contribution in [-0.4, -0.2) is 31.7 Å². The zero-order chi connectivity index (χ0) is 21.9. The molecule has 2 heterocycles. The van der Waals surface area contributed by atoms with Gasteiger partial charge in [0.05, 0.1) is 6.42 Å². The Morgan fingerprint density at radius 1 is 1.00 bits per heavy atom. The molecular formula is C23H32N2O3S2. The predicted octanol–water partition coefficient (Wildman–Crippen LogP) is 5.35. The maximum atomic E-state index is 12.9. The van der Waals surface area contributed by atoms with Gasteiger partial charge < -0.3 is 5.32 Å². The molecule has 1 fully saturated rings. The second kappa shape index (κ2) is 9.62. The highest BCUT2D eigenvalue weighted by Crippen LogP contribution is 2.33. The van der Waals surface area contributed by atoms with Gasteiger partial charge in [-0.25, -0.2) is 8.42 Å². The summed E-state index contributed by atoms with van der Waals surface area (Å²) in [5, 5.41) is 3.11. The minimum Gasteiger partial charge on any atom is -0.325 e. The van der Waals surface area contributed by atoms with Gasteiger partial charge in [-0.3, -0.25) is 4.79 Å². The van der Waals surface area contributed by atoms with Crippen LogP contribution in [0.2, 0.25) is 0 Å². The zero-order valence-corrected chi connectivity index (χ0v) is 19.9. The SMILES string of the molecule is CC(C)c1cccc(C(C)C)c1NC(=O)Cc1ccc(S(=O)(=O)N2CCCCC2)s1. The van der Waals surface area contributed by atoms with Crippen molar-refractivity contribution in [3.8, 4) is 0 Å². The summed E-state index contributed by atoms with van der Waals surface area (Å²) < 4.78 is 27.6. The number of anilines is 1. The molecule has 0 aliphatic carbocycles. The first-order valence-corrected chi connectivity index (χ1v) is 13.0. The van der Waals surface area contributed by atoms with E-state index in [0.717, 1.165) is 41.0 Å². The minimum atomic E-state index is -3.45. The predicted molar refractivity (Wildman–Crippen MR) is 124 cm³/mol. The normalized spacial score (nSPS) is 15.7. The first-order valence-electron chi connectivity index (χ1n) is 10.7. The average molecular weight is 449 g/mol. The van der Waals surface area contributed by atoms with E-state index in [0.29, 0.717) is 29.1 Å². The van der Waals surface area contributed by atoms with Crippen LogP contribution in [0.25, 0.3) is 0 Å². The van der Waals surface area contributed by atoms with Gasteiger partial charge in [0.2, 0.25) is 5.91 Å². The van der Waals surface area contributed by atoms with Crippen LogP contribution in [0.15, 0.2) is 34.5 Å². The van der Waals surface area contributed by atoms with E-state index in [2.05, 4.69) is 45.1 Å². The highest BCUT2D eigenvalue weighted by molar-refractivity contribution is 7.91. The number of carbonyl (C=O) groups is 1. The van der Waals surface area contributed by atoms with Crippen molar-refractivity contribution in [3.05, 3.63) is 46.3 Å². The third-order valence-corrected chi connectivity index (χ3v) is 8.97. The molecule has 1 amide bonds. The number of para-hydroxylation sites is 1. The Kier molecular flexibility index (Phi) is 7.37. The van der Waals surface area contributed by atoms with Crippen molar-refractivity contribution in [1.82, 2.24) is 4.31 Å². The minimum absolute atomic E-state index is 0.117. The molecule has 2 aromatic rings. The van der Waals surface area contributed by atoms with Crippen molar-refractivity contribution in [3.63, 3.8) is 0 Å². The van der Waals surface area contributed by atoms with E-state index in [1.807, 2.05) is 6.07 Å². The summed E-state index contributed by atoms with van der Waals surface area (Å²) in [4.78, 5) is 13.6. The number of rotatable bonds is 7. The highest BCUT2D eigenvalue weighted by Gasteiger charge is 2.27. The van der Waals surface area contributed by atoms with E-state index in [9.17, 15) is 13.2 Å². The summed E-state index contributed by atoms with van der Waals surface area (Å²) in [6.07, 6.45) is 3.07. The Morgan fingerprint density at radius 2 is 1.60 bits per heavy atom. The lowest BCUT2D eigenvalue weighted by molar-refractivity contribution is -0.115. The van der Waals surface area contributed by atoms with Crippen LogP contribution in [0.5, 0.6) is 0 Å². The molecule has 1 N–H and O–H groups in total. The quantitative estimate of drug-likeness (QED) is 0.621. The Bertz CT molecular complexity index is 961. The molecule has 1 saturated heterocycles. The molecule has 0 atom stereocenters. The number of benzene rings is 1. The molecule has 0 spiro atoms. The molecule has 0 radical (unpaired) electrons. The molecule has 0 bridgehead atoms. The van der Waals surface area contributed by atoms with Gasteiger partial charge in [0.15, 0.2) is 0 Å². The van der Waals surface area contributed by atoms with E-state index >= 15 is 0 Å². The van der Waals surface area contributed by atoms with E-state index in [1.165, 1.54) is 11.3 Å². The Hall–Kier alpha value is -1.70. The van der Waals surface area contributed by atoms with E-state index in [1.54, 1.807) is 16.4 Å². The fourth-order valence-corrected chi connectivity index (χ4v) is 6.89. The number of amides is 1. The lowest BCUT2D eigenvalue weighted by atomic mass is 9.92. The number of hydrogen-bond acceptors (Lipinski definition) is 4. The van der Waals surface area contributed by atoms with Gasteiger partial charge in [0.1, 0.15) is 4.21 Å². The van der Waals surface area contributed by atoms with Crippen LogP contribution >= 0.6 is 11.3 Å². The monoisotopic (exact) mass is 448 g/mol. The van der Waals surface area contributed by atoms with Crippen molar-refractivity contribution >= 4 is 33.0 Å². The summed E-state index contributed by atoms with van der Waals surface area (Å²) in [5.41, 5.74) is 3.13. The molecule has 1 aromatic heterocycles. The van der Waals surface area contributed by atoms with Crippen molar-refractivity contribution in [2.75, 3.05) is 18.4 Å². The lowest BCUT2D eigenvalue weighted by Crippen LogP contribution is -2.35. The van der Waals surface area contributed by atoms with Crippen LogP contribution < -0.4 is 5.32 Å². The highest BCUT2D eigenvalue weighted by atomic mass is 32.2. The fraction of sp³-hybridized carbons (Fsp3) is 0.522. The molecule has 5 nitrogen and oxygen atoms in total. The molecule has 164 valence electrons. The second-order valence-corrected chi connectivity index (χ2v) is 11.9. The zero-order valence-electron chi connectivity index (χ0n) is 18.3. The number of piperidine rings is 1. The summed E-state index contributed by atoms with van der Waals surface area (Å²) in [5.74, 6) is 0.470. The van der Waals surface area contributed by atoms with Crippen LogP contribution in [0, 0.1) is 0 Å². The van der Waals surface area contributed by atoms with Crippen LogP contribution in [0.3, 0.4) is 0 Å². The number of nitrogens with zero attached hydrogens (tertiary/aromatic N) is 1. The first kappa shape index (κ1) is 23.0. The van der Waals surface area contributed by atoms with Crippen molar-refractivity contribution in [2.24, 2.45) is 0 Å². The summed E-state index contributed by atoms with van der Waals surface area (Å²) in [7, 11) is -3.45. The number of carbonyl (C=O) groups excluding carboxylic acids is 1. The molecule has 30 heavy (non-hydrogen) atoms. The van der Waals surface area contributed by atoms with Crippen molar-refractivity contribution < 1.29 is 13.2 Å². The third-order valence-electron chi connectivity index (χ3n) is 5.52. The van der Waals surface area contributed by atoms with Gasteiger partial charge in [-0.15, -0.1) is 11.3 Å². The molecule has 1 aliphatic rings. The third kappa shape index (κ3) is 5.13. The Balaban J connectivity index is 1.75. The summed E-state index contributed by atoms with van der Waals surface area (Å²) >= 11 is 1.20. The van der Waals surface area contributed by atoms with Gasteiger partial charge in [0, 0.05) is 23.7 Å². The smallest absolute Gasteiger partial charge is 0.252 e. The molecular weight excluding hydrogens is 416 g/mol. The van der Waals surface area contributed by atoms with Crippen LogP contribution in [0.1, 0.15) is 74.8 Å². The topological polar surface area (TPSA) is 66.5 Å². The van der Waals surface area contributed by atoms with Gasteiger partial charge >= 0.3 is 0 Å². The number of hydrogen-bond donors (Lipinski definition) is 1. The van der Waals surface area contributed by atoms with Crippen LogP contribution in [-0.2, 0) is 21.2 Å². The van der Waals surface area contributed by atoms with E-state index in [-0.39, 0.29) is 12.3 Å². The number of nitrogens with one attached hydrogen (secondary N) is 1. The summed E-state index contributed by atoms with van der Waals surface area (Å²) in [6, 6.07) is 9.55. The van der Waals surface area contributed by atoms with Crippen molar-refractivity contribution in [2.45, 2.75) is 69.4 Å². The molecule has 1 aromatic carbocycles. The van der Waals surface area contributed by atoms with Crippen molar-refractivity contribution in [1.29, 1.82) is 0 Å². The number of thiophene rings is 1. The maximum absolute atomic E-state index is 12.9. The van der Waals surface area contributed by atoms with E-state index in [4.69, 9.17) is 0 Å². The molecule has 1 aliphatic heterocycles. The molecule has 3 rings (SSSR count). The molecule has 0 unspecified atom stereocenters. The standard InChI is InChI=1S/C23H32N2O3S2/c1-16(2)19-9-8-10-20(17(3)4)23(19)24-21(26)15-18-11-12-22(29-18)30(27,28)25-13-6-5-7-14-25/h8-12,16-17H,5-7,13-15H2,1-4H3,(H,24,26). The van der Waals surface area contributed by atoms with Gasteiger partial charge in [-0.1, -0.05) is 52.3 Å². The maximum Gasteiger partial charge on any atom is 0.252 e. The fourth-order valence-electron chi connectivity index (χ4n) is 3.86. The largest absolute Gasteiger partial charge is 0.325 e. The van der Waals surface area contributed by atoms with Gasteiger partial charge in [-0.05, 0) is 47.9 Å². The lowest BCUT2D eigenvalue weighted by Gasteiger charge is -2.25. The summed E-state index contributed by atoms with van der Waals surface area (Å²) in [6.45, 7) is 9.64. The molecule has 7 heteroatoms. The number of sulfonamides is 1. The second-order valence-electron chi connectivity index (χ2n) is 8.53. The van der Waals surface area contributed by atoms with Crippen LogP contribution in [0.4, 0.5) is 5.69 Å². The van der Waals surface area contributed by atoms with Gasteiger partial charge in [0.25, 0.3) is 10.0 Å². The van der Waals surface area contributed by atoms with E-state index < -0.39 is 10.0 Å². The molecule has 0 saturated carbocycles.